The second-order valence-corrected chi connectivity index (χ2v) is 7.94. The Kier molecular flexibility index (Phi) is 4.35. The number of hydrogen-bond donors (Lipinski definition) is 1. The maximum atomic E-state index is 12.9. The van der Waals surface area contributed by atoms with Gasteiger partial charge in [0, 0.05) is 10.9 Å². The lowest BCUT2D eigenvalue weighted by Gasteiger charge is -2.19. The van der Waals surface area contributed by atoms with Gasteiger partial charge in [-0.1, -0.05) is 43.2 Å². The summed E-state index contributed by atoms with van der Waals surface area (Å²) in [6.45, 7) is 0. The van der Waals surface area contributed by atoms with E-state index in [0.717, 1.165) is 25.7 Å². The molecular weight excluding hydrogens is 380 g/mol. The van der Waals surface area contributed by atoms with Crippen molar-refractivity contribution in [3.05, 3.63) is 60.2 Å². The molecule has 2 unspecified atom stereocenters. The molecule has 2 amide bonds. The molecule has 0 bridgehead atoms. The minimum atomic E-state index is -1.03. The first-order valence-electron chi connectivity index (χ1n) is 10.2. The van der Waals surface area contributed by atoms with E-state index in [9.17, 15) is 19.5 Å². The van der Waals surface area contributed by atoms with Gasteiger partial charge in [0.05, 0.1) is 34.3 Å². The molecule has 1 saturated heterocycles. The number of nitrogens with zero attached hydrogens (tertiary/aromatic N) is 2. The second kappa shape index (κ2) is 7.06. The van der Waals surface area contributed by atoms with Crippen LogP contribution in [0.15, 0.2) is 54.6 Å². The molecule has 2 aromatic carbocycles. The van der Waals surface area contributed by atoms with Crippen molar-refractivity contribution in [2.45, 2.75) is 25.7 Å². The number of hydrogen-bond acceptors (Lipinski definition) is 4. The van der Waals surface area contributed by atoms with Gasteiger partial charge in [0.2, 0.25) is 11.8 Å². The predicted octanol–water partition coefficient (Wildman–Crippen LogP) is 4.28. The van der Waals surface area contributed by atoms with E-state index in [2.05, 4.69) is 4.98 Å². The number of carboxylic acids is 1. The molecule has 2 aliphatic rings. The lowest BCUT2D eigenvalue weighted by Crippen LogP contribution is -2.30. The molecule has 5 rings (SSSR count). The fourth-order valence-electron chi connectivity index (χ4n) is 4.72. The minimum absolute atomic E-state index is 0.125. The van der Waals surface area contributed by atoms with Crippen LogP contribution in [0.4, 0.5) is 5.69 Å². The highest BCUT2D eigenvalue weighted by atomic mass is 16.4. The molecule has 2 fully saturated rings. The summed E-state index contributed by atoms with van der Waals surface area (Å²) in [5, 5.41) is 10.2. The van der Waals surface area contributed by atoms with Crippen LogP contribution in [0.2, 0.25) is 0 Å². The summed E-state index contributed by atoms with van der Waals surface area (Å²) in [6.07, 6.45) is 3.49. The Bertz CT molecular complexity index is 1180. The summed E-state index contributed by atoms with van der Waals surface area (Å²) in [5.41, 5.74) is 2.42. The zero-order chi connectivity index (χ0) is 20.8. The number of anilines is 1. The van der Waals surface area contributed by atoms with Crippen molar-refractivity contribution >= 4 is 34.4 Å². The molecule has 6 heteroatoms. The van der Waals surface area contributed by atoms with Gasteiger partial charge >= 0.3 is 5.97 Å². The fraction of sp³-hybridized carbons (Fsp3) is 0.250. The number of benzene rings is 2. The summed E-state index contributed by atoms with van der Waals surface area (Å²) in [5.74, 6) is -1.71. The molecule has 3 aromatic rings. The average Bonchev–Trinajstić information content (AvgIpc) is 3.03. The van der Waals surface area contributed by atoms with E-state index in [-0.39, 0.29) is 29.2 Å². The van der Waals surface area contributed by atoms with Crippen LogP contribution in [0.25, 0.3) is 22.2 Å². The summed E-state index contributed by atoms with van der Waals surface area (Å²) in [6, 6.07) is 15.7. The highest BCUT2D eigenvalue weighted by Gasteiger charge is 2.48. The van der Waals surface area contributed by atoms with Crippen LogP contribution in [0, 0.1) is 11.8 Å². The zero-order valence-corrected chi connectivity index (χ0v) is 16.2. The van der Waals surface area contributed by atoms with Gasteiger partial charge in [0.1, 0.15) is 0 Å². The Labute approximate surface area is 173 Å². The third kappa shape index (κ3) is 2.87. The normalized spacial score (nSPS) is 21.1. The van der Waals surface area contributed by atoms with Gasteiger partial charge < -0.3 is 5.11 Å². The van der Waals surface area contributed by atoms with Gasteiger partial charge in [-0.3, -0.25) is 14.5 Å². The molecule has 1 aromatic heterocycles. The van der Waals surface area contributed by atoms with Crippen LogP contribution in [-0.2, 0) is 9.59 Å². The summed E-state index contributed by atoms with van der Waals surface area (Å²) >= 11 is 0. The van der Waals surface area contributed by atoms with Crippen molar-refractivity contribution in [3.8, 4) is 11.3 Å². The number of carbonyl (C=O) groups is 3. The Morgan fingerprint density at radius 2 is 1.63 bits per heavy atom. The highest BCUT2D eigenvalue weighted by molar-refractivity contribution is 6.22. The van der Waals surface area contributed by atoms with Crippen LogP contribution in [-0.4, -0.2) is 27.9 Å². The van der Waals surface area contributed by atoms with E-state index >= 15 is 0 Å². The lowest BCUT2D eigenvalue weighted by atomic mass is 9.81. The second-order valence-electron chi connectivity index (χ2n) is 7.94. The van der Waals surface area contributed by atoms with E-state index in [4.69, 9.17) is 0 Å². The van der Waals surface area contributed by atoms with E-state index in [0.29, 0.717) is 27.8 Å². The van der Waals surface area contributed by atoms with Crippen LogP contribution in [0.3, 0.4) is 0 Å². The molecular formula is C24H20N2O4. The maximum Gasteiger partial charge on any atom is 0.336 e. The third-order valence-corrected chi connectivity index (χ3v) is 6.19. The smallest absolute Gasteiger partial charge is 0.336 e. The number of fused-ring (bicyclic) bond motifs is 2. The number of rotatable bonds is 3. The topological polar surface area (TPSA) is 87.6 Å². The van der Waals surface area contributed by atoms with Crippen molar-refractivity contribution in [1.82, 2.24) is 4.98 Å². The first-order chi connectivity index (χ1) is 14.5. The number of para-hydroxylation sites is 1. The quantitative estimate of drug-likeness (QED) is 0.663. The van der Waals surface area contributed by atoms with Crippen molar-refractivity contribution in [2.24, 2.45) is 11.8 Å². The molecule has 2 atom stereocenters. The highest BCUT2D eigenvalue weighted by Crippen LogP contribution is 2.40. The number of aromatic carboxylic acids is 1. The number of imide groups is 1. The Balaban J connectivity index is 1.58. The number of carbonyl (C=O) groups excluding carboxylic acids is 2. The first kappa shape index (κ1) is 18.5. The van der Waals surface area contributed by atoms with Gasteiger partial charge in [0.15, 0.2) is 0 Å². The van der Waals surface area contributed by atoms with E-state index in [1.165, 1.54) is 11.0 Å². The lowest BCUT2D eigenvalue weighted by molar-refractivity contribution is -0.122. The Hall–Kier alpha value is -3.54. The minimum Gasteiger partial charge on any atom is -0.478 e. The standard InChI is InChI=1S/C24H20N2O4/c27-22-17-9-1-2-10-18(17)23(28)26(22)15-7-5-6-14(12-15)21-13-19(24(29)30)16-8-3-4-11-20(16)25-21/h3-8,11-13,17-18H,1-2,9-10H2,(H,29,30). The van der Waals surface area contributed by atoms with Crippen molar-refractivity contribution in [2.75, 3.05) is 4.90 Å². The van der Waals surface area contributed by atoms with Gasteiger partial charge in [-0.15, -0.1) is 0 Å². The Morgan fingerprint density at radius 1 is 0.933 bits per heavy atom. The predicted molar refractivity (Wildman–Crippen MR) is 112 cm³/mol. The van der Waals surface area contributed by atoms with Crippen LogP contribution >= 0.6 is 0 Å². The van der Waals surface area contributed by atoms with E-state index in [1.807, 2.05) is 12.1 Å². The number of pyridine rings is 1. The SMILES string of the molecule is O=C(O)c1cc(-c2cccc(N3C(=O)C4CCCCC4C3=O)c2)nc2ccccc12. The van der Waals surface area contributed by atoms with Gasteiger partial charge in [0.25, 0.3) is 0 Å². The van der Waals surface area contributed by atoms with Gasteiger partial charge in [-0.25, -0.2) is 9.78 Å². The monoisotopic (exact) mass is 400 g/mol. The molecule has 1 saturated carbocycles. The van der Waals surface area contributed by atoms with Crippen LogP contribution in [0.1, 0.15) is 36.0 Å². The molecule has 6 nitrogen and oxygen atoms in total. The first-order valence-corrected chi connectivity index (χ1v) is 10.2. The van der Waals surface area contributed by atoms with Crippen molar-refractivity contribution in [3.63, 3.8) is 0 Å². The molecule has 1 aliphatic carbocycles. The van der Waals surface area contributed by atoms with E-state index in [1.54, 1.807) is 36.4 Å². The molecule has 1 N–H and O–H groups in total. The average molecular weight is 400 g/mol. The van der Waals surface area contributed by atoms with Crippen molar-refractivity contribution < 1.29 is 19.5 Å². The third-order valence-electron chi connectivity index (χ3n) is 6.19. The molecule has 0 radical (unpaired) electrons. The summed E-state index contributed by atoms with van der Waals surface area (Å²) in [7, 11) is 0. The van der Waals surface area contributed by atoms with Crippen LogP contribution in [0.5, 0.6) is 0 Å². The fourth-order valence-corrected chi connectivity index (χ4v) is 4.72. The van der Waals surface area contributed by atoms with Gasteiger partial charge in [-0.05, 0) is 37.1 Å². The van der Waals surface area contributed by atoms with Crippen LogP contribution < -0.4 is 4.90 Å². The maximum absolute atomic E-state index is 12.9. The van der Waals surface area contributed by atoms with Gasteiger partial charge in [-0.2, -0.15) is 0 Å². The summed E-state index contributed by atoms with van der Waals surface area (Å²) < 4.78 is 0. The molecule has 0 spiro atoms. The largest absolute Gasteiger partial charge is 0.478 e. The van der Waals surface area contributed by atoms with Crippen molar-refractivity contribution in [1.29, 1.82) is 0 Å². The number of carboxylic acid groups (broad SMARTS) is 1. The molecule has 2 heterocycles. The number of amides is 2. The Morgan fingerprint density at radius 3 is 2.33 bits per heavy atom. The number of aromatic nitrogens is 1. The molecule has 150 valence electrons. The zero-order valence-electron chi connectivity index (χ0n) is 16.2. The molecule has 1 aliphatic heterocycles. The van der Waals surface area contributed by atoms with E-state index < -0.39 is 5.97 Å². The molecule has 30 heavy (non-hydrogen) atoms. The summed E-state index contributed by atoms with van der Waals surface area (Å²) in [4.78, 5) is 43.6.